The van der Waals surface area contributed by atoms with E-state index in [4.69, 9.17) is 0 Å². The Hall–Kier alpha value is -2.55. The smallest absolute Gasteiger partial charge is 0.406 e. The molecule has 2 aromatic rings. The molecule has 2 N–H and O–H groups in total. The normalized spacial score (nSPS) is 15.3. The van der Waals surface area contributed by atoms with Gasteiger partial charge >= 0.3 is 6.36 Å². The SMILES string of the molecule is Cc1cc(N2CCc3ccc(OC(F)(F)F)cc3C2)nc(N[C@@H](C)CO)n1. The highest BCUT2D eigenvalue weighted by Gasteiger charge is 2.31. The monoisotopic (exact) mass is 382 g/mol. The molecule has 146 valence electrons. The van der Waals surface area contributed by atoms with Gasteiger partial charge in [-0.15, -0.1) is 13.2 Å². The van der Waals surface area contributed by atoms with Crippen LogP contribution < -0.4 is 15.0 Å². The van der Waals surface area contributed by atoms with Gasteiger partial charge in [-0.2, -0.15) is 4.98 Å². The fourth-order valence-electron chi connectivity index (χ4n) is 2.97. The fourth-order valence-corrected chi connectivity index (χ4v) is 2.97. The molecule has 6 nitrogen and oxygen atoms in total. The summed E-state index contributed by atoms with van der Waals surface area (Å²) in [6, 6.07) is 6.08. The van der Waals surface area contributed by atoms with Gasteiger partial charge in [0.1, 0.15) is 11.6 Å². The molecular weight excluding hydrogens is 361 g/mol. The zero-order valence-electron chi connectivity index (χ0n) is 15.0. The molecule has 2 heterocycles. The lowest BCUT2D eigenvalue weighted by Crippen LogP contribution is -2.32. The number of aliphatic hydroxyl groups excluding tert-OH is 1. The number of aliphatic hydroxyl groups is 1. The summed E-state index contributed by atoms with van der Waals surface area (Å²) >= 11 is 0. The molecule has 0 spiro atoms. The second-order valence-corrected chi connectivity index (χ2v) is 6.57. The van der Waals surface area contributed by atoms with E-state index in [0.717, 1.165) is 16.8 Å². The number of hydrogen-bond donors (Lipinski definition) is 2. The first kappa shape index (κ1) is 19.2. The first-order valence-electron chi connectivity index (χ1n) is 8.59. The van der Waals surface area contributed by atoms with E-state index in [0.29, 0.717) is 31.3 Å². The van der Waals surface area contributed by atoms with Gasteiger partial charge in [-0.3, -0.25) is 0 Å². The number of nitrogens with one attached hydrogen (secondary N) is 1. The van der Waals surface area contributed by atoms with E-state index < -0.39 is 6.36 Å². The largest absolute Gasteiger partial charge is 0.573 e. The zero-order valence-corrected chi connectivity index (χ0v) is 15.0. The van der Waals surface area contributed by atoms with Gasteiger partial charge in [0.15, 0.2) is 0 Å². The molecule has 9 heteroatoms. The van der Waals surface area contributed by atoms with Gasteiger partial charge < -0.3 is 20.1 Å². The molecule has 3 rings (SSSR count). The molecule has 1 aromatic heterocycles. The highest BCUT2D eigenvalue weighted by atomic mass is 19.4. The van der Waals surface area contributed by atoms with Crippen molar-refractivity contribution in [3.05, 3.63) is 41.1 Å². The number of fused-ring (bicyclic) bond motifs is 1. The lowest BCUT2D eigenvalue weighted by Gasteiger charge is -2.30. The average molecular weight is 382 g/mol. The van der Waals surface area contributed by atoms with Crippen molar-refractivity contribution in [2.75, 3.05) is 23.4 Å². The van der Waals surface area contributed by atoms with Crippen LogP contribution in [0.15, 0.2) is 24.3 Å². The van der Waals surface area contributed by atoms with Crippen molar-refractivity contribution in [2.24, 2.45) is 0 Å². The lowest BCUT2D eigenvalue weighted by molar-refractivity contribution is -0.274. The van der Waals surface area contributed by atoms with Crippen molar-refractivity contribution in [3.63, 3.8) is 0 Å². The van der Waals surface area contributed by atoms with Crippen LogP contribution in [-0.2, 0) is 13.0 Å². The molecule has 1 aliphatic rings. The summed E-state index contributed by atoms with van der Waals surface area (Å²) in [6.45, 7) is 4.72. The topological polar surface area (TPSA) is 70.5 Å². The van der Waals surface area contributed by atoms with Crippen molar-refractivity contribution in [2.45, 2.75) is 39.2 Å². The van der Waals surface area contributed by atoms with Crippen LogP contribution in [0.3, 0.4) is 0 Å². The van der Waals surface area contributed by atoms with Gasteiger partial charge in [-0.1, -0.05) is 6.07 Å². The van der Waals surface area contributed by atoms with Crippen LogP contribution in [0.5, 0.6) is 5.75 Å². The zero-order chi connectivity index (χ0) is 19.6. The number of ether oxygens (including phenoxy) is 1. The predicted octanol–water partition coefficient (Wildman–Crippen LogP) is 3.04. The van der Waals surface area contributed by atoms with Gasteiger partial charge in [0.2, 0.25) is 5.95 Å². The molecule has 0 radical (unpaired) electrons. The minimum atomic E-state index is -4.71. The quantitative estimate of drug-likeness (QED) is 0.828. The number of anilines is 2. The Labute approximate surface area is 155 Å². The van der Waals surface area contributed by atoms with E-state index in [1.807, 2.05) is 24.8 Å². The lowest BCUT2D eigenvalue weighted by atomic mass is 9.99. The van der Waals surface area contributed by atoms with Gasteiger partial charge in [0.05, 0.1) is 6.61 Å². The van der Waals surface area contributed by atoms with Crippen molar-refractivity contribution in [1.29, 1.82) is 0 Å². The van der Waals surface area contributed by atoms with E-state index in [9.17, 15) is 18.3 Å². The predicted molar refractivity (Wildman–Crippen MR) is 94.8 cm³/mol. The van der Waals surface area contributed by atoms with Crippen LogP contribution >= 0.6 is 0 Å². The Morgan fingerprint density at radius 3 is 2.74 bits per heavy atom. The van der Waals surface area contributed by atoms with E-state index in [1.54, 1.807) is 6.07 Å². The van der Waals surface area contributed by atoms with Crippen LogP contribution in [0.25, 0.3) is 0 Å². The molecule has 1 aromatic carbocycles. The molecule has 0 unspecified atom stereocenters. The summed E-state index contributed by atoms with van der Waals surface area (Å²) in [5.74, 6) is 0.871. The average Bonchev–Trinajstić information content (AvgIpc) is 2.59. The standard InChI is InChI=1S/C18H21F3N4O2/c1-11-7-16(24-17(22-11)23-12(2)10-26)25-6-5-13-3-4-15(8-14(13)9-25)27-18(19,20)21/h3-4,7-8,12,26H,5-6,9-10H2,1-2H3,(H,22,23,24)/t12-/m0/s1. The third-order valence-electron chi connectivity index (χ3n) is 4.24. The molecule has 0 saturated heterocycles. The number of nitrogens with zero attached hydrogens (tertiary/aromatic N) is 3. The van der Waals surface area contributed by atoms with Crippen molar-refractivity contribution < 1.29 is 23.0 Å². The Kier molecular flexibility index (Phi) is 5.41. The van der Waals surface area contributed by atoms with Gasteiger partial charge in [0.25, 0.3) is 0 Å². The summed E-state index contributed by atoms with van der Waals surface area (Å²) in [6.07, 6.45) is -4.02. The Balaban J connectivity index is 1.81. The summed E-state index contributed by atoms with van der Waals surface area (Å²) < 4.78 is 41.4. The Bertz CT molecular complexity index is 814. The number of benzene rings is 1. The highest BCUT2D eigenvalue weighted by molar-refractivity contribution is 5.49. The third-order valence-corrected chi connectivity index (χ3v) is 4.24. The number of halogens is 3. The van der Waals surface area contributed by atoms with E-state index >= 15 is 0 Å². The molecule has 0 bridgehead atoms. The minimum Gasteiger partial charge on any atom is -0.406 e. The highest BCUT2D eigenvalue weighted by Crippen LogP contribution is 2.29. The molecule has 0 fully saturated rings. The summed E-state index contributed by atoms with van der Waals surface area (Å²) in [4.78, 5) is 10.8. The number of alkyl halides is 3. The van der Waals surface area contributed by atoms with Crippen LogP contribution in [0.2, 0.25) is 0 Å². The molecular formula is C18H21F3N4O2. The second kappa shape index (κ2) is 7.59. The van der Waals surface area contributed by atoms with Crippen molar-refractivity contribution in [3.8, 4) is 5.75 Å². The van der Waals surface area contributed by atoms with Gasteiger partial charge in [-0.25, -0.2) is 4.98 Å². The maximum absolute atomic E-state index is 12.5. The Morgan fingerprint density at radius 2 is 2.04 bits per heavy atom. The number of hydrogen-bond acceptors (Lipinski definition) is 6. The second-order valence-electron chi connectivity index (χ2n) is 6.57. The summed E-state index contributed by atoms with van der Waals surface area (Å²) in [5, 5.41) is 12.2. The molecule has 1 aliphatic heterocycles. The number of rotatable bonds is 5. The molecule has 27 heavy (non-hydrogen) atoms. The molecule has 0 amide bonds. The first-order chi connectivity index (χ1) is 12.7. The maximum atomic E-state index is 12.5. The van der Waals surface area contributed by atoms with Gasteiger partial charge in [0, 0.05) is 30.9 Å². The molecule has 0 saturated carbocycles. The van der Waals surface area contributed by atoms with Crippen molar-refractivity contribution >= 4 is 11.8 Å². The molecule has 1 atom stereocenters. The van der Waals surface area contributed by atoms with Gasteiger partial charge in [-0.05, 0) is 43.5 Å². The van der Waals surface area contributed by atoms with Crippen LogP contribution in [0.1, 0.15) is 23.7 Å². The number of aryl methyl sites for hydroxylation is 1. The van der Waals surface area contributed by atoms with Crippen LogP contribution in [0, 0.1) is 6.92 Å². The fraction of sp³-hybridized carbons (Fsp3) is 0.444. The minimum absolute atomic E-state index is 0.0499. The first-order valence-corrected chi connectivity index (χ1v) is 8.59. The van der Waals surface area contributed by atoms with Crippen molar-refractivity contribution in [1.82, 2.24) is 9.97 Å². The third kappa shape index (κ3) is 5.00. The molecule has 0 aliphatic carbocycles. The van der Waals surface area contributed by atoms with Crippen LogP contribution in [-0.4, -0.2) is 40.6 Å². The Morgan fingerprint density at radius 1 is 1.26 bits per heavy atom. The summed E-state index contributed by atoms with van der Waals surface area (Å²) in [7, 11) is 0. The van der Waals surface area contributed by atoms with E-state index in [2.05, 4.69) is 20.0 Å². The van der Waals surface area contributed by atoms with E-state index in [-0.39, 0.29) is 18.4 Å². The maximum Gasteiger partial charge on any atom is 0.573 e. The summed E-state index contributed by atoms with van der Waals surface area (Å²) in [5.41, 5.74) is 2.53. The van der Waals surface area contributed by atoms with E-state index in [1.165, 1.54) is 12.1 Å². The number of aromatic nitrogens is 2. The van der Waals surface area contributed by atoms with Crippen LogP contribution in [0.4, 0.5) is 24.9 Å².